The minimum absolute atomic E-state index is 0.0134. The Balaban J connectivity index is 1.92. The topological polar surface area (TPSA) is 94.8 Å². The zero-order valence-electron chi connectivity index (χ0n) is 13.4. The molecule has 0 bridgehead atoms. The number of phenolic OH excluding ortho intramolecular Hbond substituents is 1. The first-order valence-corrected chi connectivity index (χ1v) is 7.61. The maximum Gasteiger partial charge on any atom is 0.163 e. The Morgan fingerprint density at radius 3 is 2.00 bits per heavy atom. The number of benzene rings is 2. The number of hydrogen-bond acceptors (Lipinski definition) is 5. The second kappa shape index (κ2) is 8.61. The lowest BCUT2D eigenvalue weighted by atomic mass is 10.1. The van der Waals surface area contributed by atoms with Gasteiger partial charge in [0, 0.05) is 5.56 Å². The fourth-order valence-electron chi connectivity index (χ4n) is 2.09. The quantitative estimate of drug-likeness (QED) is 0.533. The molecule has 0 aromatic heterocycles. The zero-order chi connectivity index (χ0) is 18.2. The summed E-state index contributed by atoms with van der Waals surface area (Å²) in [7, 11) is 0. The first kappa shape index (κ1) is 18.2. The number of ketones is 2. The molecule has 0 amide bonds. The zero-order valence-corrected chi connectivity index (χ0v) is 13.4. The molecule has 0 aliphatic carbocycles. The number of allylic oxidation sites excluding steroid dienone is 2. The SMILES string of the molecule is O=C(C=Cc1ccc(O)cc1)CC(=O)C=Cc1ccc(O)c(CO)c1. The van der Waals surface area contributed by atoms with E-state index >= 15 is 0 Å². The van der Waals surface area contributed by atoms with Crippen molar-refractivity contribution in [3.63, 3.8) is 0 Å². The fourth-order valence-corrected chi connectivity index (χ4v) is 2.09. The van der Waals surface area contributed by atoms with Gasteiger partial charge >= 0.3 is 0 Å². The Bertz CT molecular complexity index is 816. The molecule has 2 aromatic carbocycles. The second-order valence-corrected chi connectivity index (χ2v) is 5.41. The first-order valence-electron chi connectivity index (χ1n) is 7.61. The highest BCUT2D eigenvalue weighted by molar-refractivity contribution is 6.10. The maximum atomic E-state index is 11.8. The van der Waals surface area contributed by atoms with Gasteiger partial charge in [0.1, 0.15) is 11.5 Å². The molecule has 0 aliphatic heterocycles. The van der Waals surface area contributed by atoms with Crippen LogP contribution in [0.3, 0.4) is 0 Å². The van der Waals surface area contributed by atoms with Gasteiger partial charge < -0.3 is 15.3 Å². The standard InChI is InChI=1S/C20H18O5/c21-13-16-11-15(5-10-20(16)25)4-9-19(24)12-18(23)8-3-14-1-6-17(22)7-2-14/h1-11,21-22,25H,12-13H2. The molecule has 0 aliphatic rings. The highest BCUT2D eigenvalue weighted by Gasteiger charge is 2.04. The van der Waals surface area contributed by atoms with Crippen molar-refractivity contribution in [2.75, 3.05) is 0 Å². The van der Waals surface area contributed by atoms with Crippen molar-refractivity contribution < 1.29 is 24.9 Å². The van der Waals surface area contributed by atoms with E-state index in [1.165, 1.54) is 36.4 Å². The number of phenols is 2. The van der Waals surface area contributed by atoms with Crippen molar-refractivity contribution in [3.8, 4) is 11.5 Å². The van der Waals surface area contributed by atoms with Crippen LogP contribution in [0.2, 0.25) is 0 Å². The van der Waals surface area contributed by atoms with Crippen LogP contribution in [0.15, 0.2) is 54.6 Å². The van der Waals surface area contributed by atoms with Crippen LogP contribution in [-0.4, -0.2) is 26.9 Å². The lowest BCUT2D eigenvalue weighted by Gasteiger charge is -2.01. The molecule has 0 saturated heterocycles. The molecule has 3 N–H and O–H groups in total. The number of carbonyl (C=O) groups excluding carboxylic acids is 2. The number of carbonyl (C=O) groups is 2. The van der Waals surface area contributed by atoms with Gasteiger partial charge in [-0.3, -0.25) is 9.59 Å². The van der Waals surface area contributed by atoms with E-state index in [0.29, 0.717) is 11.1 Å². The molecule has 5 nitrogen and oxygen atoms in total. The van der Waals surface area contributed by atoms with Crippen LogP contribution in [0.4, 0.5) is 0 Å². The van der Waals surface area contributed by atoms with Crippen molar-refractivity contribution in [3.05, 3.63) is 71.3 Å². The fraction of sp³-hybridized carbons (Fsp3) is 0.100. The molecule has 0 atom stereocenters. The third-order valence-electron chi connectivity index (χ3n) is 3.44. The van der Waals surface area contributed by atoms with Gasteiger partial charge in [-0.1, -0.05) is 30.4 Å². The average Bonchev–Trinajstić information content (AvgIpc) is 2.60. The summed E-state index contributed by atoms with van der Waals surface area (Å²) in [5.41, 5.74) is 1.75. The van der Waals surface area contributed by atoms with Gasteiger partial charge in [0.25, 0.3) is 0 Å². The molecule has 0 fully saturated rings. The number of aromatic hydroxyl groups is 2. The Hall–Kier alpha value is -3.18. The van der Waals surface area contributed by atoms with Gasteiger partial charge in [-0.25, -0.2) is 0 Å². The van der Waals surface area contributed by atoms with E-state index in [1.807, 2.05) is 0 Å². The van der Waals surface area contributed by atoms with Gasteiger partial charge in [0.05, 0.1) is 13.0 Å². The average molecular weight is 338 g/mol. The van der Waals surface area contributed by atoms with E-state index in [2.05, 4.69) is 0 Å². The smallest absolute Gasteiger partial charge is 0.163 e. The maximum absolute atomic E-state index is 11.8. The van der Waals surface area contributed by atoms with Gasteiger partial charge in [0.2, 0.25) is 0 Å². The van der Waals surface area contributed by atoms with Gasteiger partial charge in [0.15, 0.2) is 11.6 Å². The number of rotatable bonds is 7. The van der Waals surface area contributed by atoms with Crippen molar-refractivity contribution in [2.45, 2.75) is 13.0 Å². The third-order valence-corrected chi connectivity index (χ3v) is 3.44. The second-order valence-electron chi connectivity index (χ2n) is 5.41. The summed E-state index contributed by atoms with van der Waals surface area (Å²) < 4.78 is 0. The van der Waals surface area contributed by atoms with Crippen LogP contribution in [-0.2, 0) is 16.2 Å². The largest absolute Gasteiger partial charge is 0.508 e. The number of aliphatic hydroxyl groups excluding tert-OH is 1. The van der Waals surface area contributed by atoms with Crippen molar-refractivity contribution in [2.24, 2.45) is 0 Å². The van der Waals surface area contributed by atoms with Crippen LogP contribution in [0.25, 0.3) is 12.2 Å². The lowest BCUT2D eigenvalue weighted by molar-refractivity contribution is -0.121. The molecule has 0 spiro atoms. The van der Waals surface area contributed by atoms with E-state index in [-0.39, 0.29) is 36.1 Å². The molecule has 0 saturated carbocycles. The van der Waals surface area contributed by atoms with Crippen molar-refractivity contribution in [1.82, 2.24) is 0 Å². The summed E-state index contributed by atoms with van der Waals surface area (Å²) >= 11 is 0. The molecule has 5 heteroatoms. The van der Waals surface area contributed by atoms with E-state index in [1.54, 1.807) is 30.3 Å². The minimum atomic E-state index is -0.348. The Labute approximate surface area is 145 Å². The summed E-state index contributed by atoms with van der Waals surface area (Å²) in [6.07, 6.45) is 5.46. The van der Waals surface area contributed by atoms with E-state index in [0.717, 1.165) is 5.56 Å². The monoisotopic (exact) mass is 338 g/mol. The predicted molar refractivity (Wildman–Crippen MR) is 94.8 cm³/mol. The van der Waals surface area contributed by atoms with Crippen molar-refractivity contribution in [1.29, 1.82) is 0 Å². The Morgan fingerprint density at radius 2 is 1.40 bits per heavy atom. The van der Waals surface area contributed by atoms with Crippen LogP contribution in [0.1, 0.15) is 23.1 Å². The van der Waals surface area contributed by atoms with Crippen LogP contribution in [0, 0.1) is 0 Å². The van der Waals surface area contributed by atoms with Crippen LogP contribution < -0.4 is 0 Å². The molecule has 0 heterocycles. The van der Waals surface area contributed by atoms with Crippen LogP contribution >= 0.6 is 0 Å². The van der Waals surface area contributed by atoms with E-state index in [9.17, 15) is 19.8 Å². The summed E-state index contributed by atoms with van der Waals surface area (Å²) in [5, 5.41) is 27.8. The predicted octanol–water partition coefficient (Wildman–Crippen LogP) is 2.85. The molecule has 0 radical (unpaired) electrons. The number of hydrogen-bond donors (Lipinski definition) is 3. The number of aliphatic hydroxyl groups is 1. The van der Waals surface area contributed by atoms with Gasteiger partial charge in [-0.05, 0) is 47.5 Å². The molecule has 2 rings (SSSR count). The Kier molecular flexibility index (Phi) is 6.26. The molecule has 128 valence electrons. The Morgan fingerprint density at radius 1 is 0.840 bits per heavy atom. The lowest BCUT2D eigenvalue weighted by Crippen LogP contribution is -2.01. The van der Waals surface area contributed by atoms with Crippen molar-refractivity contribution >= 4 is 23.7 Å². The molecule has 2 aromatic rings. The molecular weight excluding hydrogens is 320 g/mol. The summed E-state index contributed by atoms with van der Waals surface area (Å²) in [4.78, 5) is 23.6. The van der Waals surface area contributed by atoms with Gasteiger partial charge in [-0.15, -0.1) is 0 Å². The first-order chi connectivity index (χ1) is 12.0. The normalized spacial score (nSPS) is 11.2. The third kappa shape index (κ3) is 5.75. The van der Waals surface area contributed by atoms with E-state index in [4.69, 9.17) is 5.11 Å². The molecule has 25 heavy (non-hydrogen) atoms. The van der Waals surface area contributed by atoms with Crippen LogP contribution in [0.5, 0.6) is 11.5 Å². The summed E-state index contributed by atoms with van der Waals surface area (Å²) in [6, 6.07) is 10.9. The highest BCUT2D eigenvalue weighted by Crippen LogP contribution is 2.19. The molecule has 0 unspecified atom stereocenters. The summed E-state index contributed by atoms with van der Waals surface area (Å²) in [5.74, 6) is -0.550. The summed E-state index contributed by atoms with van der Waals surface area (Å²) in [6.45, 7) is -0.304. The van der Waals surface area contributed by atoms with E-state index < -0.39 is 0 Å². The van der Waals surface area contributed by atoms with Gasteiger partial charge in [-0.2, -0.15) is 0 Å². The highest BCUT2D eigenvalue weighted by atomic mass is 16.3. The minimum Gasteiger partial charge on any atom is -0.508 e. The molecular formula is C20H18O5.